The molecule has 6 heteroatoms. The van der Waals surface area contributed by atoms with E-state index in [9.17, 15) is 9.90 Å². The van der Waals surface area contributed by atoms with Crippen molar-refractivity contribution in [1.29, 1.82) is 0 Å². The lowest BCUT2D eigenvalue weighted by molar-refractivity contribution is 0.0501. The Morgan fingerprint density at radius 3 is 2.79 bits per heavy atom. The van der Waals surface area contributed by atoms with Gasteiger partial charge in [-0.15, -0.1) is 0 Å². The van der Waals surface area contributed by atoms with Crippen LogP contribution < -0.4 is 4.74 Å². The largest absolute Gasteiger partial charge is 0.491 e. The molecule has 1 amide bonds. The van der Waals surface area contributed by atoms with Gasteiger partial charge in [-0.1, -0.05) is 37.3 Å². The third kappa shape index (κ3) is 5.14. The summed E-state index contributed by atoms with van der Waals surface area (Å²) in [6, 6.07) is 15.2. The van der Waals surface area contributed by atoms with Crippen molar-refractivity contribution in [2.75, 3.05) is 39.3 Å². The molecule has 1 N–H and O–H groups in total. The number of β-amino-alcohol motifs (C(OH)–C–C–N with tert-alkyl or cyclic N) is 1. The van der Waals surface area contributed by atoms with Crippen molar-refractivity contribution < 1.29 is 14.6 Å². The summed E-state index contributed by atoms with van der Waals surface area (Å²) in [6.45, 7) is 7.94. The van der Waals surface area contributed by atoms with E-state index in [4.69, 9.17) is 4.74 Å². The zero-order valence-corrected chi connectivity index (χ0v) is 20.3. The monoisotopic (exact) mass is 463 g/mol. The molecular weight excluding hydrogens is 426 g/mol. The summed E-state index contributed by atoms with van der Waals surface area (Å²) in [6.07, 6.45) is 4.14. The summed E-state index contributed by atoms with van der Waals surface area (Å²) in [5, 5.41) is 10.8. The van der Waals surface area contributed by atoms with Crippen LogP contribution >= 0.6 is 0 Å². The van der Waals surface area contributed by atoms with E-state index >= 15 is 0 Å². The van der Waals surface area contributed by atoms with Crippen LogP contribution in [-0.4, -0.2) is 77.2 Å². The molecule has 1 saturated heterocycles. The standard InChI is InChI=1S/C28H37N3O3/c1-2-24-8-5-12-30(24)17-21-9-10-26-27(16-21)34-15-14-31(28(26)33)20-25(32)19-29-13-11-22-6-3-4-7-23(22)18-29/h3-4,6-7,9-10,16,24-25,32H,2,5,8,11-15,17-20H2,1H3. The Hall–Kier alpha value is -2.41. The number of ether oxygens (including phenoxy) is 1. The molecular formula is C28H37N3O3. The van der Waals surface area contributed by atoms with Gasteiger partial charge in [-0.25, -0.2) is 0 Å². The van der Waals surface area contributed by atoms with E-state index in [0.29, 0.717) is 43.6 Å². The Bertz CT molecular complexity index is 1010. The maximum Gasteiger partial charge on any atom is 0.257 e. The molecule has 0 bridgehead atoms. The SMILES string of the molecule is CCC1CCCN1Cc1ccc2c(c1)OCCN(CC(O)CN1CCc3ccccc3C1)C2=O. The molecule has 3 aliphatic heterocycles. The van der Waals surface area contributed by atoms with Crippen molar-refractivity contribution in [3.63, 3.8) is 0 Å². The van der Waals surface area contributed by atoms with Gasteiger partial charge in [-0.05, 0) is 61.1 Å². The highest BCUT2D eigenvalue weighted by Crippen LogP contribution is 2.28. The van der Waals surface area contributed by atoms with E-state index in [0.717, 1.165) is 32.6 Å². The van der Waals surface area contributed by atoms with Crippen molar-refractivity contribution in [3.8, 4) is 5.75 Å². The van der Waals surface area contributed by atoms with Crippen molar-refractivity contribution in [2.45, 2.75) is 57.8 Å². The van der Waals surface area contributed by atoms with Crippen LogP contribution in [0.2, 0.25) is 0 Å². The molecule has 2 aromatic carbocycles. The van der Waals surface area contributed by atoms with Gasteiger partial charge in [0.1, 0.15) is 12.4 Å². The Morgan fingerprint density at radius 1 is 1.09 bits per heavy atom. The third-order valence-electron chi connectivity index (χ3n) is 7.65. The van der Waals surface area contributed by atoms with Crippen molar-refractivity contribution in [2.24, 2.45) is 0 Å². The van der Waals surface area contributed by atoms with E-state index < -0.39 is 6.10 Å². The quantitative estimate of drug-likeness (QED) is 0.683. The predicted molar refractivity (Wildman–Crippen MR) is 133 cm³/mol. The molecule has 34 heavy (non-hydrogen) atoms. The number of carbonyl (C=O) groups excluding carboxylic acids is 1. The average Bonchev–Trinajstić information content (AvgIpc) is 3.24. The smallest absolute Gasteiger partial charge is 0.257 e. The molecule has 5 rings (SSSR count). The molecule has 2 unspecified atom stereocenters. The molecule has 0 saturated carbocycles. The van der Waals surface area contributed by atoms with Crippen LogP contribution in [0.15, 0.2) is 42.5 Å². The summed E-state index contributed by atoms with van der Waals surface area (Å²) in [5.41, 5.74) is 4.54. The fraction of sp³-hybridized carbons (Fsp3) is 0.536. The lowest BCUT2D eigenvalue weighted by atomic mass is 10.00. The summed E-state index contributed by atoms with van der Waals surface area (Å²) < 4.78 is 6.00. The van der Waals surface area contributed by atoms with Gasteiger partial charge in [0.2, 0.25) is 0 Å². The second-order valence-electron chi connectivity index (χ2n) is 10.0. The van der Waals surface area contributed by atoms with Crippen LogP contribution in [0.4, 0.5) is 0 Å². The molecule has 0 aliphatic carbocycles. The normalized spacial score (nSPS) is 22.1. The molecule has 2 atom stereocenters. The van der Waals surface area contributed by atoms with E-state index in [-0.39, 0.29) is 5.91 Å². The van der Waals surface area contributed by atoms with Crippen LogP contribution in [0.1, 0.15) is 53.2 Å². The Balaban J connectivity index is 1.20. The van der Waals surface area contributed by atoms with Gasteiger partial charge in [-0.2, -0.15) is 0 Å². The van der Waals surface area contributed by atoms with E-state index in [1.165, 1.54) is 36.0 Å². The van der Waals surface area contributed by atoms with Crippen LogP contribution in [0, 0.1) is 0 Å². The highest BCUT2D eigenvalue weighted by atomic mass is 16.5. The third-order valence-corrected chi connectivity index (χ3v) is 7.65. The number of fused-ring (bicyclic) bond motifs is 2. The fourth-order valence-corrected chi connectivity index (χ4v) is 5.79. The molecule has 2 aromatic rings. The highest BCUT2D eigenvalue weighted by Gasteiger charge is 2.28. The number of amides is 1. The van der Waals surface area contributed by atoms with Crippen LogP contribution in [0.3, 0.4) is 0 Å². The molecule has 3 heterocycles. The molecule has 182 valence electrons. The molecule has 0 aromatic heterocycles. The fourth-order valence-electron chi connectivity index (χ4n) is 5.79. The van der Waals surface area contributed by atoms with Gasteiger partial charge in [0.15, 0.2) is 0 Å². The first-order chi connectivity index (χ1) is 16.6. The van der Waals surface area contributed by atoms with Gasteiger partial charge < -0.3 is 14.7 Å². The lowest BCUT2D eigenvalue weighted by Crippen LogP contribution is -2.44. The Kier molecular flexibility index (Phi) is 7.18. The average molecular weight is 464 g/mol. The number of hydrogen-bond acceptors (Lipinski definition) is 5. The Morgan fingerprint density at radius 2 is 1.94 bits per heavy atom. The molecule has 0 spiro atoms. The maximum atomic E-state index is 13.3. The second kappa shape index (κ2) is 10.5. The van der Waals surface area contributed by atoms with Crippen LogP contribution in [-0.2, 0) is 19.5 Å². The number of carbonyl (C=O) groups is 1. The maximum absolute atomic E-state index is 13.3. The number of aliphatic hydroxyl groups excluding tert-OH is 1. The number of aliphatic hydroxyl groups is 1. The van der Waals surface area contributed by atoms with E-state index in [1.54, 1.807) is 4.90 Å². The van der Waals surface area contributed by atoms with E-state index in [2.05, 4.69) is 47.1 Å². The summed E-state index contributed by atoms with van der Waals surface area (Å²) in [5.74, 6) is 0.633. The first-order valence-corrected chi connectivity index (χ1v) is 12.9. The number of benzene rings is 2. The Labute approximate surface area is 203 Å². The summed E-state index contributed by atoms with van der Waals surface area (Å²) in [4.78, 5) is 19.9. The van der Waals surface area contributed by atoms with Gasteiger partial charge in [0.25, 0.3) is 5.91 Å². The zero-order chi connectivity index (χ0) is 23.5. The number of hydrogen-bond donors (Lipinski definition) is 1. The first kappa shape index (κ1) is 23.3. The van der Waals surface area contributed by atoms with Gasteiger partial charge >= 0.3 is 0 Å². The van der Waals surface area contributed by atoms with E-state index in [1.807, 2.05) is 12.1 Å². The van der Waals surface area contributed by atoms with Gasteiger partial charge in [0, 0.05) is 38.8 Å². The number of rotatable bonds is 7. The second-order valence-corrected chi connectivity index (χ2v) is 10.0. The minimum absolute atomic E-state index is 0.0466. The van der Waals surface area contributed by atoms with Crippen molar-refractivity contribution in [1.82, 2.24) is 14.7 Å². The zero-order valence-electron chi connectivity index (χ0n) is 20.3. The predicted octanol–water partition coefficient (Wildman–Crippen LogP) is 3.31. The topological polar surface area (TPSA) is 56.2 Å². The van der Waals surface area contributed by atoms with Crippen LogP contribution in [0.5, 0.6) is 5.75 Å². The van der Waals surface area contributed by atoms with Crippen LogP contribution in [0.25, 0.3) is 0 Å². The number of nitrogens with zero attached hydrogens (tertiary/aromatic N) is 3. The first-order valence-electron chi connectivity index (χ1n) is 12.9. The number of likely N-dealkylation sites (tertiary alicyclic amines) is 1. The molecule has 1 fully saturated rings. The lowest BCUT2D eigenvalue weighted by Gasteiger charge is -2.32. The van der Waals surface area contributed by atoms with Gasteiger partial charge in [0.05, 0.1) is 18.2 Å². The van der Waals surface area contributed by atoms with Gasteiger partial charge in [-0.3, -0.25) is 14.6 Å². The molecule has 3 aliphatic rings. The summed E-state index contributed by atoms with van der Waals surface area (Å²) in [7, 11) is 0. The summed E-state index contributed by atoms with van der Waals surface area (Å²) >= 11 is 0. The molecule has 6 nitrogen and oxygen atoms in total. The highest BCUT2D eigenvalue weighted by molar-refractivity contribution is 5.97. The van der Waals surface area contributed by atoms with Crippen molar-refractivity contribution in [3.05, 3.63) is 64.7 Å². The minimum atomic E-state index is -0.587. The molecule has 0 radical (unpaired) electrons. The minimum Gasteiger partial charge on any atom is -0.491 e. The van der Waals surface area contributed by atoms with Crippen molar-refractivity contribution >= 4 is 5.91 Å².